The van der Waals surface area contributed by atoms with Crippen LogP contribution in [-0.2, 0) is 20.7 Å². The first-order chi connectivity index (χ1) is 10.5. The van der Waals surface area contributed by atoms with Crippen LogP contribution in [0.4, 0.5) is 0 Å². The molecule has 8 heteroatoms. The molecule has 0 aliphatic carbocycles. The lowest BCUT2D eigenvalue weighted by Gasteiger charge is -2.31. The lowest BCUT2D eigenvalue weighted by Crippen LogP contribution is -2.53. The Balaban J connectivity index is 1.85. The van der Waals surface area contributed by atoms with Crippen molar-refractivity contribution < 1.29 is 24.0 Å². The van der Waals surface area contributed by atoms with Crippen molar-refractivity contribution >= 4 is 18.8 Å². The normalized spacial score (nSPS) is 21.5. The van der Waals surface area contributed by atoms with Gasteiger partial charge in [-0.3, -0.25) is 9.59 Å². The van der Waals surface area contributed by atoms with Gasteiger partial charge in [-0.1, -0.05) is 0 Å². The molecular weight excluding hydrogens is 287 g/mol. The summed E-state index contributed by atoms with van der Waals surface area (Å²) in [5, 5.41) is 24.1. The fraction of sp³-hybridized carbons (Fsp3) is 0.500. The summed E-state index contributed by atoms with van der Waals surface area (Å²) in [5.74, 6) is -0.878. The van der Waals surface area contributed by atoms with Gasteiger partial charge in [0.25, 0.3) is 0 Å². The molecule has 0 aromatic carbocycles. The van der Waals surface area contributed by atoms with E-state index >= 15 is 0 Å². The first-order valence-electron chi connectivity index (χ1n) is 7.25. The second kappa shape index (κ2) is 7.37. The van der Waals surface area contributed by atoms with Crippen molar-refractivity contribution in [1.29, 1.82) is 0 Å². The third kappa shape index (κ3) is 4.54. The van der Waals surface area contributed by atoms with Gasteiger partial charge in [0.05, 0.1) is 5.94 Å². The maximum Gasteiger partial charge on any atom is 0.478 e. The summed E-state index contributed by atoms with van der Waals surface area (Å²) >= 11 is 0. The van der Waals surface area contributed by atoms with Crippen molar-refractivity contribution in [2.75, 3.05) is 0 Å². The maximum atomic E-state index is 12.0. The smallest absolute Gasteiger partial charge is 0.478 e. The predicted molar refractivity (Wildman–Crippen MR) is 78.4 cm³/mol. The second-order valence-electron chi connectivity index (χ2n) is 5.50. The standard InChI is InChI=1S/C14H19BN2O5/c1-10(18)8-12-5-6-13(15(20)22-12)16-14(19)9-11-4-2-3-7-17(11)21/h2-4,7,12-13,20H,5-6,8-9H2,1H3,(H,16,19)/t12-,13-/m0/s1. The minimum absolute atomic E-state index is 0.00348. The van der Waals surface area contributed by atoms with Gasteiger partial charge in [0.2, 0.25) is 11.6 Å². The molecule has 1 aromatic heterocycles. The average molecular weight is 306 g/mol. The molecule has 1 aromatic rings. The lowest BCUT2D eigenvalue weighted by molar-refractivity contribution is -0.613. The van der Waals surface area contributed by atoms with E-state index < -0.39 is 13.1 Å². The first-order valence-corrected chi connectivity index (χ1v) is 7.25. The van der Waals surface area contributed by atoms with Gasteiger partial charge in [-0.2, -0.15) is 4.73 Å². The molecule has 1 saturated heterocycles. The monoisotopic (exact) mass is 306 g/mol. The van der Waals surface area contributed by atoms with Gasteiger partial charge >= 0.3 is 7.12 Å². The molecule has 0 unspecified atom stereocenters. The van der Waals surface area contributed by atoms with Crippen LogP contribution in [0.1, 0.15) is 31.9 Å². The summed E-state index contributed by atoms with van der Waals surface area (Å²) in [6.45, 7) is 1.47. The van der Waals surface area contributed by atoms with Gasteiger partial charge in [0, 0.05) is 24.7 Å². The molecule has 2 rings (SSSR count). The van der Waals surface area contributed by atoms with Crippen molar-refractivity contribution in [1.82, 2.24) is 5.32 Å². The number of carbonyl (C=O) groups is 2. The Labute approximate surface area is 129 Å². The summed E-state index contributed by atoms with van der Waals surface area (Å²) in [6, 6.07) is 4.84. The highest BCUT2D eigenvalue weighted by Gasteiger charge is 2.36. The number of hydrogen-bond acceptors (Lipinski definition) is 5. The Bertz CT molecular complexity index is 554. The molecule has 0 spiro atoms. The van der Waals surface area contributed by atoms with Crippen LogP contribution in [0.5, 0.6) is 0 Å². The van der Waals surface area contributed by atoms with Gasteiger partial charge in [0.1, 0.15) is 12.2 Å². The van der Waals surface area contributed by atoms with E-state index in [0.29, 0.717) is 23.3 Å². The Morgan fingerprint density at radius 1 is 1.50 bits per heavy atom. The molecule has 2 N–H and O–H groups in total. The van der Waals surface area contributed by atoms with Crippen LogP contribution in [0.25, 0.3) is 0 Å². The number of carbonyl (C=O) groups excluding carboxylic acids is 2. The number of rotatable bonds is 5. The van der Waals surface area contributed by atoms with Crippen molar-refractivity contribution in [3.63, 3.8) is 0 Å². The Hall–Kier alpha value is -1.93. The number of amides is 1. The first kappa shape index (κ1) is 16.4. The fourth-order valence-corrected chi connectivity index (χ4v) is 2.51. The number of pyridine rings is 1. The van der Waals surface area contributed by atoms with Crippen LogP contribution < -0.4 is 10.0 Å². The van der Waals surface area contributed by atoms with Crippen LogP contribution >= 0.6 is 0 Å². The van der Waals surface area contributed by atoms with E-state index in [1.165, 1.54) is 13.1 Å². The number of ketones is 1. The third-order valence-corrected chi connectivity index (χ3v) is 3.58. The zero-order valence-corrected chi connectivity index (χ0v) is 12.4. The molecule has 2 atom stereocenters. The van der Waals surface area contributed by atoms with E-state index in [0.717, 1.165) is 0 Å². The van der Waals surface area contributed by atoms with E-state index in [-0.39, 0.29) is 30.6 Å². The summed E-state index contributed by atoms with van der Waals surface area (Å²) in [6.07, 6.45) is 2.33. The summed E-state index contributed by atoms with van der Waals surface area (Å²) in [5.41, 5.74) is 0.334. The summed E-state index contributed by atoms with van der Waals surface area (Å²) in [4.78, 5) is 23.0. The molecule has 7 nitrogen and oxygen atoms in total. The van der Waals surface area contributed by atoms with E-state index in [9.17, 15) is 19.8 Å². The van der Waals surface area contributed by atoms with E-state index in [4.69, 9.17) is 4.65 Å². The highest BCUT2D eigenvalue weighted by Crippen LogP contribution is 2.18. The van der Waals surface area contributed by atoms with E-state index in [1.807, 2.05) is 0 Å². The Kier molecular flexibility index (Phi) is 5.51. The lowest BCUT2D eigenvalue weighted by atomic mass is 9.72. The van der Waals surface area contributed by atoms with Crippen LogP contribution in [0.15, 0.2) is 24.4 Å². The Morgan fingerprint density at radius 2 is 2.27 bits per heavy atom. The van der Waals surface area contributed by atoms with Gasteiger partial charge in [-0.05, 0) is 25.8 Å². The van der Waals surface area contributed by atoms with Crippen LogP contribution in [0, 0.1) is 5.21 Å². The van der Waals surface area contributed by atoms with Crippen molar-refractivity contribution in [2.45, 2.75) is 44.7 Å². The number of Topliss-reactive ketones (excluding diaryl/α,β-unsaturated/α-hetero) is 1. The van der Waals surface area contributed by atoms with Crippen molar-refractivity contribution in [2.24, 2.45) is 0 Å². The number of aromatic nitrogens is 1. The SMILES string of the molecule is CC(=O)C[C@@H]1CC[C@H](NC(=O)Cc2cccc[n+]2[O-])B(O)O1. The fourth-order valence-electron chi connectivity index (χ4n) is 2.51. The molecule has 1 amide bonds. The maximum absolute atomic E-state index is 12.0. The van der Waals surface area contributed by atoms with E-state index in [2.05, 4.69) is 5.32 Å². The van der Waals surface area contributed by atoms with Crippen LogP contribution in [0.2, 0.25) is 0 Å². The largest absolute Gasteiger partial charge is 0.618 e. The number of nitrogens with one attached hydrogen (secondary N) is 1. The number of hydrogen-bond donors (Lipinski definition) is 2. The quantitative estimate of drug-likeness (QED) is 0.435. The zero-order valence-electron chi connectivity index (χ0n) is 12.4. The Morgan fingerprint density at radius 3 is 2.91 bits per heavy atom. The molecule has 1 aliphatic rings. The zero-order chi connectivity index (χ0) is 16.1. The molecule has 1 fully saturated rings. The third-order valence-electron chi connectivity index (χ3n) is 3.58. The molecule has 2 heterocycles. The summed E-state index contributed by atoms with van der Waals surface area (Å²) < 4.78 is 5.97. The van der Waals surface area contributed by atoms with Crippen molar-refractivity contribution in [3.8, 4) is 0 Å². The molecular formula is C14H19BN2O5. The highest BCUT2D eigenvalue weighted by molar-refractivity contribution is 6.45. The van der Waals surface area contributed by atoms with Gasteiger partial charge < -0.3 is 20.2 Å². The van der Waals surface area contributed by atoms with E-state index in [1.54, 1.807) is 18.2 Å². The molecule has 22 heavy (non-hydrogen) atoms. The molecule has 1 aliphatic heterocycles. The summed E-state index contributed by atoms with van der Waals surface area (Å²) in [7, 11) is -1.14. The van der Waals surface area contributed by atoms with Crippen molar-refractivity contribution in [3.05, 3.63) is 35.3 Å². The van der Waals surface area contributed by atoms with Gasteiger partial charge in [0.15, 0.2) is 6.20 Å². The molecule has 0 saturated carbocycles. The second-order valence-corrected chi connectivity index (χ2v) is 5.50. The van der Waals surface area contributed by atoms with Crippen LogP contribution in [0.3, 0.4) is 0 Å². The predicted octanol–water partition coefficient (Wildman–Crippen LogP) is -0.475. The molecule has 118 valence electrons. The minimum Gasteiger partial charge on any atom is -0.618 e. The molecule has 0 bridgehead atoms. The minimum atomic E-state index is -1.14. The average Bonchev–Trinajstić information content (AvgIpc) is 2.44. The number of nitrogens with zero attached hydrogens (tertiary/aromatic N) is 1. The topological polar surface area (TPSA) is 103 Å². The highest BCUT2D eigenvalue weighted by atomic mass is 16.5. The van der Waals surface area contributed by atoms with Crippen LogP contribution in [-0.4, -0.2) is 35.9 Å². The van der Waals surface area contributed by atoms with Gasteiger partial charge in [-0.15, -0.1) is 0 Å². The molecule has 0 radical (unpaired) electrons. The van der Waals surface area contributed by atoms with Gasteiger partial charge in [-0.25, -0.2) is 0 Å².